The van der Waals surface area contributed by atoms with Crippen molar-refractivity contribution in [3.8, 4) is 5.75 Å². The van der Waals surface area contributed by atoms with Crippen LogP contribution in [-0.4, -0.2) is 20.1 Å². The van der Waals surface area contributed by atoms with Crippen LogP contribution in [0, 0.1) is 12.7 Å². The summed E-state index contributed by atoms with van der Waals surface area (Å²) in [4.78, 5) is 4.17. The highest BCUT2D eigenvalue weighted by Crippen LogP contribution is 2.11. The summed E-state index contributed by atoms with van der Waals surface area (Å²) in [6.45, 7) is 2.91. The summed E-state index contributed by atoms with van der Waals surface area (Å²) in [7, 11) is 3.35. The normalized spacial score (nSPS) is 11.2. The van der Waals surface area contributed by atoms with E-state index in [-0.39, 0.29) is 5.82 Å². The number of nitrogens with one attached hydrogen (secondary N) is 2. The van der Waals surface area contributed by atoms with Crippen molar-refractivity contribution in [3.63, 3.8) is 0 Å². The number of aliphatic imine (C=N–C) groups is 1. The first-order chi connectivity index (χ1) is 11.1. The molecule has 0 aliphatic heterocycles. The molecule has 0 aromatic heterocycles. The van der Waals surface area contributed by atoms with Crippen LogP contribution in [0.15, 0.2) is 47.5 Å². The Hall–Kier alpha value is -2.56. The van der Waals surface area contributed by atoms with E-state index >= 15 is 0 Å². The molecule has 2 N–H and O–H groups in total. The lowest BCUT2D eigenvalue weighted by Gasteiger charge is -2.12. The lowest BCUT2D eigenvalue weighted by Crippen LogP contribution is -2.36. The quantitative estimate of drug-likeness (QED) is 0.658. The second-order valence-corrected chi connectivity index (χ2v) is 5.21. The fourth-order valence-corrected chi connectivity index (χ4v) is 2.08. The molecule has 0 saturated heterocycles. The van der Waals surface area contributed by atoms with Gasteiger partial charge in [0.1, 0.15) is 11.6 Å². The molecule has 0 bridgehead atoms. The maximum atomic E-state index is 13.5. The molecule has 2 rings (SSSR count). The molecular weight excluding hydrogens is 293 g/mol. The predicted molar refractivity (Wildman–Crippen MR) is 91.2 cm³/mol. The molecule has 0 spiro atoms. The third kappa shape index (κ3) is 4.98. The number of aryl methyl sites for hydroxylation is 1. The molecule has 0 aliphatic rings. The van der Waals surface area contributed by atoms with Gasteiger partial charge < -0.3 is 15.4 Å². The number of benzene rings is 2. The Kier molecular flexibility index (Phi) is 5.97. The minimum absolute atomic E-state index is 0.189. The molecule has 0 unspecified atom stereocenters. The van der Waals surface area contributed by atoms with Crippen LogP contribution >= 0.6 is 0 Å². The Balaban J connectivity index is 1.86. The fourth-order valence-electron chi connectivity index (χ4n) is 2.08. The van der Waals surface area contributed by atoms with E-state index in [1.807, 2.05) is 30.3 Å². The van der Waals surface area contributed by atoms with E-state index in [2.05, 4.69) is 15.6 Å². The number of halogens is 1. The topological polar surface area (TPSA) is 45.7 Å². The van der Waals surface area contributed by atoms with E-state index in [4.69, 9.17) is 4.74 Å². The summed E-state index contributed by atoms with van der Waals surface area (Å²) in [6, 6.07) is 13.1. The maximum Gasteiger partial charge on any atom is 0.191 e. The molecule has 0 heterocycles. The molecule has 0 radical (unpaired) electrons. The number of rotatable bonds is 5. The van der Waals surface area contributed by atoms with Crippen molar-refractivity contribution in [2.24, 2.45) is 4.99 Å². The van der Waals surface area contributed by atoms with E-state index in [0.717, 1.165) is 16.9 Å². The van der Waals surface area contributed by atoms with Gasteiger partial charge in [0.15, 0.2) is 5.96 Å². The number of nitrogens with zero attached hydrogens (tertiary/aromatic N) is 1. The van der Waals surface area contributed by atoms with Crippen molar-refractivity contribution in [3.05, 3.63) is 65.0 Å². The van der Waals surface area contributed by atoms with E-state index in [1.165, 1.54) is 0 Å². The van der Waals surface area contributed by atoms with Gasteiger partial charge in [-0.3, -0.25) is 4.99 Å². The number of hydrogen-bond donors (Lipinski definition) is 2. The van der Waals surface area contributed by atoms with Gasteiger partial charge in [-0.15, -0.1) is 0 Å². The molecule has 2 aromatic rings. The SMILES string of the molecule is CN=C(NCc1ccc(OC)cc1)NCc1ccc(C)c(F)c1. The second-order valence-electron chi connectivity index (χ2n) is 5.21. The first kappa shape index (κ1) is 16.8. The van der Waals surface area contributed by atoms with Crippen LogP contribution in [0.25, 0.3) is 0 Å². The summed E-state index contributed by atoms with van der Waals surface area (Å²) in [5, 5.41) is 6.40. The minimum atomic E-state index is -0.189. The van der Waals surface area contributed by atoms with Crippen molar-refractivity contribution in [1.29, 1.82) is 0 Å². The summed E-state index contributed by atoms with van der Waals surface area (Å²) in [5.74, 6) is 1.31. The van der Waals surface area contributed by atoms with Gasteiger partial charge in [-0.1, -0.05) is 24.3 Å². The molecule has 0 amide bonds. The highest BCUT2D eigenvalue weighted by molar-refractivity contribution is 5.79. The first-order valence-corrected chi connectivity index (χ1v) is 7.45. The summed E-state index contributed by atoms with van der Waals surface area (Å²) in [6.07, 6.45) is 0. The van der Waals surface area contributed by atoms with Crippen LogP contribution < -0.4 is 15.4 Å². The number of ether oxygens (including phenoxy) is 1. The van der Waals surface area contributed by atoms with Crippen LogP contribution in [0.3, 0.4) is 0 Å². The average molecular weight is 315 g/mol. The van der Waals surface area contributed by atoms with Crippen LogP contribution in [0.1, 0.15) is 16.7 Å². The molecular formula is C18H22FN3O. The van der Waals surface area contributed by atoms with Crippen molar-refractivity contribution in [2.75, 3.05) is 14.2 Å². The monoisotopic (exact) mass is 315 g/mol. The van der Waals surface area contributed by atoms with Crippen LogP contribution in [-0.2, 0) is 13.1 Å². The molecule has 0 saturated carbocycles. The van der Waals surface area contributed by atoms with Crippen molar-refractivity contribution in [2.45, 2.75) is 20.0 Å². The largest absolute Gasteiger partial charge is 0.497 e. The van der Waals surface area contributed by atoms with Gasteiger partial charge in [0.25, 0.3) is 0 Å². The Morgan fingerprint density at radius 2 is 1.65 bits per heavy atom. The van der Waals surface area contributed by atoms with Crippen molar-refractivity contribution < 1.29 is 9.13 Å². The predicted octanol–water partition coefficient (Wildman–Crippen LogP) is 3.01. The van der Waals surface area contributed by atoms with E-state index in [1.54, 1.807) is 33.2 Å². The summed E-state index contributed by atoms with van der Waals surface area (Å²) in [5.41, 5.74) is 2.64. The standard InChI is InChI=1S/C18H22FN3O/c1-13-4-5-15(10-17(13)19)12-22-18(20-2)21-11-14-6-8-16(23-3)9-7-14/h4-10H,11-12H2,1-3H3,(H2,20,21,22). The van der Waals surface area contributed by atoms with E-state index < -0.39 is 0 Å². The Morgan fingerprint density at radius 3 is 2.22 bits per heavy atom. The van der Waals surface area contributed by atoms with E-state index in [0.29, 0.717) is 24.6 Å². The zero-order valence-corrected chi connectivity index (χ0v) is 13.7. The molecule has 4 nitrogen and oxygen atoms in total. The van der Waals surface area contributed by atoms with Gasteiger partial charge in [0.05, 0.1) is 7.11 Å². The van der Waals surface area contributed by atoms with Gasteiger partial charge in [-0.25, -0.2) is 4.39 Å². The van der Waals surface area contributed by atoms with E-state index in [9.17, 15) is 4.39 Å². The van der Waals surface area contributed by atoms with Crippen molar-refractivity contribution in [1.82, 2.24) is 10.6 Å². The third-order valence-electron chi connectivity index (χ3n) is 3.54. The van der Waals surface area contributed by atoms with Crippen molar-refractivity contribution >= 4 is 5.96 Å². The van der Waals surface area contributed by atoms with Gasteiger partial charge >= 0.3 is 0 Å². The van der Waals surface area contributed by atoms with Crippen LogP contribution in [0.2, 0.25) is 0 Å². The zero-order valence-electron chi connectivity index (χ0n) is 13.7. The second kappa shape index (κ2) is 8.17. The Bertz CT molecular complexity index is 668. The Labute approximate surface area is 136 Å². The van der Waals surface area contributed by atoms with Gasteiger partial charge in [0, 0.05) is 20.1 Å². The molecule has 23 heavy (non-hydrogen) atoms. The highest BCUT2D eigenvalue weighted by atomic mass is 19.1. The minimum Gasteiger partial charge on any atom is -0.497 e. The smallest absolute Gasteiger partial charge is 0.191 e. The number of hydrogen-bond acceptors (Lipinski definition) is 2. The Morgan fingerprint density at radius 1 is 1.04 bits per heavy atom. The average Bonchev–Trinajstić information content (AvgIpc) is 2.58. The molecule has 2 aromatic carbocycles. The van der Waals surface area contributed by atoms with Gasteiger partial charge in [-0.05, 0) is 41.8 Å². The fraction of sp³-hybridized carbons (Fsp3) is 0.278. The lowest BCUT2D eigenvalue weighted by molar-refractivity contribution is 0.414. The zero-order chi connectivity index (χ0) is 16.7. The molecule has 5 heteroatoms. The number of methoxy groups -OCH3 is 1. The van der Waals surface area contributed by atoms with Gasteiger partial charge in [0.2, 0.25) is 0 Å². The van der Waals surface area contributed by atoms with Crippen LogP contribution in [0.5, 0.6) is 5.75 Å². The first-order valence-electron chi connectivity index (χ1n) is 7.45. The molecule has 0 aliphatic carbocycles. The highest BCUT2D eigenvalue weighted by Gasteiger charge is 2.02. The molecule has 0 atom stereocenters. The summed E-state index contributed by atoms with van der Waals surface area (Å²) < 4.78 is 18.7. The summed E-state index contributed by atoms with van der Waals surface area (Å²) >= 11 is 0. The third-order valence-corrected chi connectivity index (χ3v) is 3.54. The number of guanidine groups is 1. The molecule has 0 fully saturated rings. The maximum absolute atomic E-state index is 13.5. The molecule has 122 valence electrons. The van der Waals surface area contributed by atoms with Crippen LogP contribution in [0.4, 0.5) is 4.39 Å². The lowest BCUT2D eigenvalue weighted by atomic mass is 10.1. The van der Waals surface area contributed by atoms with Gasteiger partial charge in [-0.2, -0.15) is 0 Å².